The SMILES string of the molecule is CCOC(=O)C1=C[C@@H](OC(C)CC)[C@@H](O)[C@H](OS(C)(=O)=O)C1. The van der Waals surface area contributed by atoms with Crippen molar-refractivity contribution in [1.29, 1.82) is 0 Å². The molecule has 0 aliphatic heterocycles. The molecule has 0 amide bonds. The average molecular weight is 336 g/mol. The fourth-order valence-corrected chi connectivity index (χ4v) is 2.72. The van der Waals surface area contributed by atoms with Gasteiger partial charge in [-0.3, -0.25) is 4.18 Å². The molecule has 7 nitrogen and oxygen atoms in total. The molecule has 1 aliphatic carbocycles. The van der Waals surface area contributed by atoms with Gasteiger partial charge in [-0.25, -0.2) is 4.79 Å². The topological polar surface area (TPSA) is 99.1 Å². The molecular weight excluding hydrogens is 312 g/mol. The number of rotatable bonds is 7. The standard InChI is InChI=1S/C14H24O7S/c1-5-9(3)20-11-7-10(14(16)19-6-2)8-12(13(11)15)21-22(4,17)18/h7,9,11-13,15H,5-6,8H2,1-4H3/t9?,11-,12-,13-/m1/s1. The third-order valence-electron chi connectivity index (χ3n) is 3.30. The summed E-state index contributed by atoms with van der Waals surface area (Å²) in [6.07, 6.45) is -0.193. The van der Waals surface area contributed by atoms with E-state index in [1.54, 1.807) is 6.92 Å². The summed E-state index contributed by atoms with van der Waals surface area (Å²) in [5, 5.41) is 10.3. The predicted octanol–water partition coefficient (Wildman–Crippen LogP) is 0.769. The van der Waals surface area contributed by atoms with Gasteiger partial charge in [0.2, 0.25) is 0 Å². The molecule has 22 heavy (non-hydrogen) atoms. The minimum atomic E-state index is -3.77. The van der Waals surface area contributed by atoms with Gasteiger partial charge in [-0.1, -0.05) is 6.92 Å². The van der Waals surface area contributed by atoms with Crippen LogP contribution in [0, 0.1) is 0 Å². The van der Waals surface area contributed by atoms with Crippen molar-refractivity contribution in [2.75, 3.05) is 12.9 Å². The zero-order valence-corrected chi connectivity index (χ0v) is 14.1. The normalized spacial score (nSPS) is 27.1. The van der Waals surface area contributed by atoms with Crippen LogP contribution in [-0.4, -0.2) is 56.8 Å². The van der Waals surface area contributed by atoms with Gasteiger partial charge >= 0.3 is 5.97 Å². The molecule has 4 atom stereocenters. The van der Waals surface area contributed by atoms with Crippen LogP contribution in [0.4, 0.5) is 0 Å². The Morgan fingerprint density at radius 1 is 1.45 bits per heavy atom. The van der Waals surface area contributed by atoms with E-state index < -0.39 is 34.4 Å². The minimum absolute atomic E-state index is 0.0482. The average Bonchev–Trinajstić information content (AvgIpc) is 2.41. The van der Waals surface area contributed by atoms with Crippen molar-refractivity contribution in [2.45, 2.75) is 58.0 Å². The molecule has 1 aliphatic rings. The summed E-state index contributed by atoms with van der Waals surface area (Å²) in [4.78, 5) is 11.9. The molecule has 8 heteroatoms. The van der Waals surface area contributed by atoms with Crippen LogP contribution in [-0.2, 0) is 28.6 Å². The van der Waals surface area contributed by atoms with Crippen LogP contribution >= 0.6 is 0 Å². The van der Waals surface area contributed by atoms with Crippen molar-refractivity contribution in [1.82, 2.24) is 0 Å². The van der Waals surface area contributed by atoms with Crippen LogP contribution in [0.3, 0.4) is 0 Å². The maximum absolute atomic E-state index is 11.9. The lowest BCUT2D eigenvalue weighted by molar-refractivity contribution is -0.140. The molecule has 128 valence electrons. The van der Waals surface area contributed by atoms with E-state index in [0.717, 1.165) is 6.26 Å². The molecule has 0 heterocycles. The lowest BCUT2D eigenvalue weighted by Crippen LogP contribution is -2.45. The molecule has 0 fully saturated rings. The van der Waals surface area contributed by atoms with Gasteiger partial charge in [-0.05, 0) is 26.3 Å². The van der Waals surface area contributed by atoms with Crippen LogP contribution in [0.5, 0.6) is 0 Å². The van der Waals surface area contributed by atoms with Gasteiger partial charge in [-0.2, -0.15) is 8.42 Å². The first-order valence-electron chi connectivity index (χ1n) is 7.27. The van der Waals surface area contributed by atoms with Crippen molar-refractivity contribution >= 4 is 16.1 Å². The van der Waals surface area contributed by atoms with E-state index in [9.17, 15) is 18.3 Å². The van der Waals surface area contributed by atoms with E-state index in [4.69, 9.17) is 13.7 Å². The highest BCUT2D eigenvalue weighted by Crippen LogP contribution is 2.27. The second-order valence-corrected chi connectivity index (χ2v) is 6.87. The fraction of sp³-hybridized carbons (Fsp3) is 0.786. The van der Waals surface area contributed by atoms with Gasteiger partial charge in [-0.15, -0.1) is 0 Å². The molecule has 0 spiro atoms. The number of aliphatic hydroxyl groups is 1. The second-order valence-electron chi connectivity index (χ2n) is 5.27. The van der Waals surface area contributed by atoms with Crippen molar-refractivity contribution in [3.63, 3.8) is 0 Å². The summed E-state index contributed by atoms with van der Waals surface area (Å²) in [5.41, 5.74) is 0.245. The predicted molar refractivity (Wildman–Crippen MR) is 79.7 cm³/mol. The number of esters is 1. The summed E-state index contributed by atoms with van der Waals surface area (Å²) in [6, 6.07) is 0. The van der Waals surface area contributed by atoms with Crippen LogP contribution in [0.15, 0.2) is 11.6 Å². The molecule has 1 unspecified atom stereocenters. The van der Waals surface area contributed by atoms with E-state index in [2.05, 4.69) is 0 Å². The Morgan fingerprint density at radius 3 is 2.59 bits per heavy atom. The van der Waals surface area contributed by atoms with Crippen LogP contribution in [0.1, 0.15) is 33.6 Å². The Labute approximate surface area is 131 Å². The van der Waals surface area contributed by atoms with Gasteiger partial charge < -0.3 is 14.6 Å². The van der Waals surface area contributed by atoms with Gasteiger partial charge in [0.05, 0.1) is 19.0 Å². The van der Waals surface area contributed by atoms with Crippen molar-refractivity contribution in [3.8, 4) is 0 Å². The first kappa shape index (κ1) is 19.1. The second kappa shape index (κ2) is 8.05. The highest BCUT2D eigenvalue weighted by molar-refractivity contribution is 7.86. The molecule has 1 rings (SSSR count). The van der Waals surface area contributed by atoms with Crippen molar-refractivity contribution in [3.05, 3.63) is 11.6 Å². The zero-order valence-electron chi connectivity index (χ0n) is 13.3. The molecule has 0 saturated carbocycles. The van der Waals surface area contributed by atoms with Crippen molar-refractivity contribution < 1.29 is 32.0 Å². The third-order valence-corrected chi connectivity index (χ3v) is 3.90. The lowest BCUT2D eigenvalue weighted by atomic mass is 9.92. The smallest absolute Gasteiger partial charge is 0.333 e. The molecule has 0 aromatic carbocycles. The number of aliphatic hydroxyl groups excluding tert-OH is 1. The Bertz CT molecular complexity index is 511. The van der Waals surface area contributed by atoms with E-state index in [-0.39, 0.29) is 24.7 Å². The highest BCUT2D eigenvalue weighted by Gasteiger charge is 2.38. The Hall–Kier alpha value is -0.960. The van der Waals surface area contributed by atoms with Gasteiger partial charge in [0.15, 0.2) is 0 Å². The van der Waals surface area contributed by atoms with E-state index in [1.807, 2.05) is 13.8 Å². The summed E-state index contributed by atoms with van der Waals surface area (Å²) >= 11 is 0. The van der Waals surface area contributed by atoms with Crippen molar-refractivity contribution in [2.24, 2.45) is 0 Å². The minimum Gasteiger partial charge on any atom is -0.463 e. The lowest BCUT2D eigenvalue weighted by Gasteiger charge is -2.33. The molecule has 0 bridgehead atoms. The summed E-state index contributed by atoms with van der Waals surface area (Å²) in [6.45, 7) is 5.62. The zero-order chi connectivity index (χ0) is 16.9. The summed E-state index contributed by atoms with van der Waals surface area (Å²) in [5.74, 6) is -0.561. The maximum Gasteiger partial charge on any atom is 0.333 e. The number of carbonyl (C=O) groups is 1. The van der Waals surface area contributed by atoms with Crippen LogP contribution < -0.4 is 0 Å². The van der Waals surface area contributed by atoms with Gasteiger partial charge in [0.25, 0.3) is 10.1 Å². The van der Waals surface area contributed by atoms with E-state index in [0.29, 0.717) is 6.42 Å². The van der Waals surface area contributed by atoms with Crippen LogP contribution in [0.2, 0.25) is 0 Å². The first-order valence-corrected chi connectivity index (χ1v) is 9.09. The number of hydrogen-bond acceptors (Lipinski definition) is 7. The van der Waals surface area contributed by atoms with E-state index >= 15 is 0 Å². The molecule has 0 radical (unpaired) electrons. The Kier molecular flexibility index (Phi) is 6.98. The van der Waals surface area contributed by atoms with E-state index in [1.165, 1.54) is 6.08 Å². The molecule has 0 aromatic heterocycles. The highest BCUT2D eigenvalue weighted by atomic mass is 32.2. The van der Waals surface area contributed by atoms with Crippen LogP contribution in [0.25, 0.3) is 0 Å². The summed E-state index contributed by atoms with van der Waals surface area (Å²) in [7, 11) is -3.77. The molecule has 0 saturated heterocycles. The molecule has 0 aromatic rings. The fourth-order valence-electron chi connectivity index (χ4n) is 2.09. The van der Waals surface area contributed by atoms with Gasteiger partial charge in [0.1, 0.15) is 18.3 Å². The third kappa shape index (κ3) is 5.68. The Balaban J connectivity index is 3.00. The monoisotopic (exact) mass is 336 g/mol. The number of hydrogen-bond donors (Lipinski definition) is 1. The molecular formula is C14H24O7S. The quantitative estimate of drug-likeness (QED) is 0.541. The summed E-state index contributed by atoms with van der Waals surface area (Å²) < 4.78 is 38.1. The molecule has 1 N–H and O–H groups in total. The number of carbonyl (C=O) groups excluding carboxylic acids is 1. The Morgan fingerprint density at radius 2 is 2.09 bits per heavy atom. The van der Waals surface area contributed by atoms with Gasteiger partial charge in [0, 0.05) is 12.0 Å². The first-order chi connectivity index (χ1) is 10.2. The maximum atomic E-state index is 11.9. The number of ether oxygens (including phenoxy) is 2. The largest absolute Gasteiger partial charge is 0.463 e.